The molecule has 5 heteroatoms. The van der Waals surface area contributed by atoms with Crippen LogP contribution in [0.2, 0.25) is 0 Å². The Labute approximate surface area is 155 Å². The van der Waals surface area contributed by atoms with Gasteiger partial charge in [-0.05, 0) is 31.5 Å². The summed E-state index contributed by atoms with van der Waals surface area (Å²) in [6, 6.07) is 17.3. The standard InChI is InChI=1S/C21H27N3O2/c1-16-10-12-19(13-11-16)22-20(25)15-23(3)17(2)21(26)24(4)14-18-8-6-5-7-9-18/h5-13,17H,14-15H2,1-4H3,(H,22,25)/p+1/t17-/m0/s1. The Hall–Kier alpha value is -2.66. The van der Waals surface area contributed by atoms with Gasteiger partial charge in [-0.15, -0.1) is 0 Å². The lowest BCUT2D eigenvalue weighted by atomic mass is 10.2. The Morgan fingerprint density at radius 3 is 2.31 bits per heavy atom. The van der Waals surface area contributed by atoms with Gasteiger partial charge in [-0.1, -0.05) is 48.0 Å². The molecule has 0 aliphatic heterocycles. The van der Waals surface area contributed by atoms with Crippen LogP contribution < -0.4 is 10.2 Å². The van der Waals surface area contributed by atoms with Gasteiger partial charge in [-0.2, -0.15) is 0 Å². The third kappa shape index (κ3) is 5.70. The fraction of sp³-hybridized carbons (Fsp3) is 0.333. The quantitative estimate of drug-likeness (QED) is 0.792. The summed E-state index contributed by atoms with van der Waals surface area (Å²) in [4.78, 5) is 27.4. The molecule has 0 bridgehead atoms. The van der Waals surface area contributed by atoms with Crippen LogP contribution in [0.4, 0.5) is 5.69 Å². The van der Waals surface area contributed by atoms with Crippen LogP contribution in [0, 0.1) is 6.92 Å². The van der Waals surface area contributed by atoms with Crippen LogP contribution in [0.25, 0.3) is 0 Å². The highest BCUT2D eigenvalue weighted by Gasteiger charge is 2.26. The summed E-state index contributed by atoms with van der Waals surface area (Å²) in [6.45, 7) is 4.66. The van der Waals surface area contributed by atoms with Gasteiger partial charge in [-0.25, -0.2) is 0 Å². The van der Waals surface area contributed by atoms with E-state index in [0.717, 1.165) is 21.7 Å². The first-order valence-electron chi connectivity index (χ1n) is 8.84. The number of nitrogens with one attached hydrogen (secondary N) is 2. The van der Waals surface area contributed by atoms with Crippen LogP contribution in [0.1, 0.15) is 18.1 Å². The number of likely N-dealkylation sites (N-methyl/N-ethyl adjacent to an activating group) is 2. The van der Waals surface area contributed by atoms with E-state index in [1.165, 1.54) is 0 Å². The van der Waals surface area contributed by atoms with Crippen molar-refractivity contribution in [2.45, 2.75) is 26.4 Å². The molecule has 0 aromatic heterocycles. The first-order valence-corrected chi connectivity index (χ1v) is 8.84. The number of aryl methyl sites for hydroxylation is 1. The van der Waals surface area contributed by atoms with Crippen LogP contribution in [0.15, 0.2) is 54.6 Å². The third-order valence-corrected chi connectivity index (χ3v) is 4.52. The topological polar surface area (TPSA) is 53.9 Å². The second-order valence-corrected chi connectivity index (χ2v) is 6.84. The number of quaternary nitrogens is 1. The van der Waals surface area contributed by atoms with Gasteiger partial charge in [0.15, 0.2) is 12.6 Å². The highest BCUT2D eigenvalue weighted by Crippen LogP contribution is 2.08. The van der Waals surface area contributed by atoms with E-state index in [4.69, 9.17) is 0 Å². The predicted molar refractivity (Wildman–Crippen MR) is 104 cm³/mol. The summed E-state index contributed by atoms with van der Waals surface area (Å²) >= 11 is 0. The van der Waals surface area contributed by atoms with E-state index in [1.54, 1.807) is 11.9 Å². The lowest BCUT2D eigenvalue weighted by molar-refractivity contribution is -0.886. The number of hydrogen-bond donors (Lipinski definition) is 2. The summed E-state index contributed by atoms with van der Waals surface area (Å²) in [5.41, 5.74) is 3.00. The van der Waals surface area contributed by atoms with Gasteiger partial charge in [0, 0.05) is 19.3 Å². The van der Waals surface area contributed by atoms with Crippen molar-refractivity contribution < 1.29 is 14.5 Å². The Balaban J connectivity index is 1.86. The SMILES string of the molecule is Cc1ccc(NC(=O)C[NH+](C)[C@@H](C)C(=O)N(C)Cc2ccccc2)cc1. The van der Waals surface area contributed by atoms with Crippen LogP contribution in [-0.4, -0.2) is 43.4 Å². The van der Waals surface area contributed by atoms with Crippen molar-refractivity contribution in [3.8, 4) is 0 Å². The number of amides is 2. The lowest BCUT2D eigenvalue weighted by Crippen LogP contribution is -3.15. The second-order valence-electron chi connectivity index (χ2n) is 6.84. The molecule has 0 radical (unpaired) electrons. The van der Waals surface area contributed by atoms with Gasteiger partial charge in [-0.3, -0.25) is 9.59 Å². The van der Waals surface area contributed by atoms with Crippen LogP contribution in [0.3, 0.4) is 0 Å². The van der Waals surface area contributed by atoms with Crippen molar-refractivity contribution in [1.82, 2.24) is 4.90 Å². The molecule has 0 aliphatic rings. The van der Waals surface area contributed by atoms with Crippen molar-refractivity contribution in [2.24, 2.45) is 0 Å². The van der Waals surface area contributed by atoms with E-state index >= 15 is 0 Å². The molecule has 2 aromatic rings. The summed E-state index contributed by atoms with van der Waals surface area (Å²) in [5.74, 6) is -0.0776. The number of rotatable bonds is 7. The highest BCUT2D eigenvalue weighted by molar-refractivity contribution is 5.91. The van der Waals surface area contributed by atoms with Crippen LogP contribution >= 0.6 is 0 Å². The normalized spacial score (nSPS) is 12.9. The molecule has 5 nitrogen and oxygen atoms in total. The van der Waals surface area contributed by atoms with Crippen LogP contribution in [0.5, 0.6) is 0 Å². The van der Waals surface area contributed by atoms with Crippen molar-refractivity contribution in [1.29, 1.82) is 0 Å². The van der Waals surface area contributed by atoms with Gasteiger partial charge in [0.05, 0.1) is 7.05 Å². The summed E-state index contributed by atoms with van der Waals surface area (Å²) < 4.78 is 0. The molecule has 2 aromatic carbocycles. The Kier molecular flexibility index (Phi) is 6.92. The van der Waals surface area contributed by atoms with Gasteiger partial charge in [0.2, 0.25) is 0 Å². The summed E-state index contributed by atoms with van der Waals surface area (Å²) in [5, 5.41) is 2.88. The minimum Gasteiger partial charge on any atom is -0.336 e. The van der Waals surface area contributed by atoms with E-state index < -0.39 is 0 Å². The minimum absolute atomic E-state index is 0.0227. The van der Waals surface area contributed by atoms with Crippen molar-refractivity contribution in [3.05, 3.63) is 65.7 Å². The molecule has 138 valence electrons. The Morgan fingerprint density at radius 1 is 1.08 bits per heavy atom. The Morgan fingerprint density at radius 2 is 1.69 bits per heavy atom. The zero-order chi connectivity index (χ0) is 19.1. The average molecular weight is 354 g/mol. The molecule has 1 unspecified atom stereocenters. The average Bonchev–Trinajstić information content (AvgIpc) is 2.63. The molecule has 0 aliphatic carbocycles. The van der Waals surface area contributed by atoms with Gasteiger partial charge in [0.25, 0.3) is 11.8 Å². The molecule has 0 saturated heterocycles. The number of nitrogens with zero attached hydrogens (tertiary/aromatic N) is 1. The number of carbonyl (C=O) groups is 2. The van der Waals surface area contributed by atoms with E-state index in [9.17, 15) is 9.59 Å². The van der Waals surface area contributed by atoms with Crippen molar-refractivity contribution in [2.75, 3.05) is 26.0 Å². The molecule has 0 heterocycles. The third-order valence-electron chi connectivity index (χ3n) is 4.52. The van der Waals surface area contributed by atoms with E-state index in [0.29, 0.717) is 6.54 Å². The molecule has 2 amide bonds. The molecular weight excluding hydrogens is 326 g/mol. The Bertz CT molecular complexity index is 729. The van der Waals surface area contributed by atoms with Gasteiger partial charge in [0.1, 0.15) is 0 Å². The first-order chi connectivity index (χ1) is 12.4. The van der Waals surface area contributed by atoms with E-state index in [2.05, 4.69) is 5.32 Å². The molecule has 0 saturated carbocycles. The first kappa shape index (κ1) is 19.7. The fourth-order valence-corrected chi connectivity index (χ4v) is 2.72. The van der Waals surface area contributed by atoms with E-state index in [1.807, 2.05) is 75.5 Å². The minimum atomic E-state index is -0.299. The molecule has 0 spiro atoms. The van der Waals surface area contributed by atoms with Gasteiger partial charge < -0.3 is 15.1 Å². The number of benzene rings is 2. The zero-order valence-electron chi connectivity index (χ0n) is 16.0. The second kappa shape index (κ2) is 9.15. The molecule has 2 N–H and O–H groups in total. The maximum atomic E-state index is 12.6. The molecule has 2 rings (SSSR count). The monoisotopic (exact) mass is 354 g/mol. The number of anilines is 1. The van der Waals surface area contributed by atoms with Crippen LogP contribution in [-0.2, 0) is 16.1 Å². The summed E-state index contributed by atoms with van der Waals surface area (Å²) in [6.07, 6.45) is 0. The molecule has 26 heavy (non-hydrogen) atoms. The van der Waals surface area contributed by atoms with Gasteiger partial charge >= 0.3 is 0 Å². The molecule has 2 atom stereocenters. The molecular formula is C21H28N3O2+. The highest BCUT2D eigenvalue weighted by atomic mass is 16.2. The summed E-state index contributed by atoms with van der Waals surface area (Å²) in [7, 11) is 3.67. The molecule has 0 fully saturated rings. The number of hydrogen-bond acceptors (Lipinski definition) is 2. The zero-order valence-corrected chi connectivity index (χ0v) is 16.0. The van der Waals surface area contributed by atoms with Crippen molar-refractivity contribution >= 4 is 17.5 Å². The fourth-order valence-electron chi connectivity index (χ4n) is 2.72. The number of carbonyl (C=O) groups excluding carboxylic acids is 2. The maximum Gasteiger partial charge on any atom is 0.280 e. The van der Waals surface area contributed by atoms with E-state index in [-0.39, 0.29) is 24.4 Å². The largest absolute Gasteiger partial charge is 0.336 e. The smallest absolute Gasteiger partial charge is 0.280 e. The van der Waals surface area contributed by atoms with Crippen molar-refractivity contribution in [3.63, 3.8) is 0 Å². The maximum absolute atomic E-state index is 12.6. The predicted octanol–water partition coefficient (Wildman–Crippen LogP) is 1.50. The lowest BCUT2D eigenvalue weighted by Gasteiger charge is -2.25.